The zero-order valence-electron chi connectivity index (χ0n) is 19.8. The van der Waals surface area contributed by atoms with Gasteiger partial charge in [-0.15, -0.1) is 0 Å². The van der Waals surface area contributed by atoms with Gasteiger partial charge in [-0.05, 0) is 67.6 Å². The number of anilines is 1. The van der Waals surface area contributed by atoms with Gasteiger partial charge in [-0.25, -0.2) is 4.68 Å². The second-order valence-electron chi connectivity index (χ2n) is 9.46. The molecule has 2 heterocycles. The molecule has 0 atom stereocenters. The first-order chi connectivity index (χ1) is 17.6. The van der Waals surface area contributed by atoms with Crippen molar-refractivity contribution in [2.75, 3.05) is 5.32 Å². The average molecular weight is 478 g/mol. The molecule has 180 valence electrons. The van der Waals surface area contributed by atoms with Crippen LogP contribution in [0.3, 0.4) is 0 Å². The normalized spacial score (nSPS) is 17.9. The minimum Gasteiger partial charge on any atom is -0.393 e. The summed E-state index contributed by atoms with van der Waals surface area (Å²) in [6.07, 6.45) is 6.72. The van der Waals surface area contributed by atoms with Gasteiger partial charge in [0.1, 0.15) is 0 Å². The number of rotatable bonds is 5. The molecule has 7 heteroatoms. The molecular formula is C29H27N5O2. The number of carbonyl (C=O) groups is 1. The van der Waals surface area contributed by atoms with Crippen molar-refractivity contribution in [3.63, 3.8) is 0 Å². The van der Waals surface area contributed by atoms with E-state index in [1.807, 2.05) is 59.5 Å². The Morgan fingerprint density at radius 1 is 0.972 bits per heavy atom. The van der Waals surface area contributed by atoms with Crippen LogP contribution in [0.15, 0.2) is 79.1 Å². The predicted octanol–water partition coefficient (Wildman–Crippen LogP) is 5.06. The van der Waals surface area contributed by atoms with Crippen LogP contribution in [0, 0.1) is 0 Å². The van der Waals surface area contributed by atoms with Crippen LogP contribution in [0.4, 0.5) is 5.69 Å². The van der Waals surface area contributed by atoms with Crippen LogP contribution in [0.25, 0.3) is 38.6 Å². The smallest absolute Gasteiger partial charge is 0.250 e. The molecule has 1 aliphatic rings. The van der Waals surface area contributed by atoms with Gasteiger partial charge in [-0.2, -0.15) is 5.10 Å². The van der Waals surface area contributed by atoms with Crippen LogP contribution < -0.4 is 11.1 Å². The molecule has 1 fully saturated rings. The lowest BCUT2D eigenvalue weighted by atomic mass is 9.92. The molecule has 0 aliphatic heterocycles. The maximum atomic E-state index is 12.1. The molecule has 1 amide bonds. The number of primary amides is 1. The van der Waals surface area contributed by atoms with Gasteiger partial charge in [0.2, 0.25) is 0 Å². The fourth-order valence-electron chi connectivity index (χ4n) is 5.17. The Hall–Kier alpha value is -4.23. The summed E-state index contributed by atoms with van der Waals surface area (Å²) in [6.45, 7) is 0. The van der Waals surface area contributed by atoms with Crippen molar-refractivity contribution >= 4 is 33.4 Å². The Morgan fingerprint density at radius 2 is 1.81 bits per heavy atom. The van der Waals surface area contributed by atoms with Crippen molar-refractivity contribution in [2.24, 2.45) is 5.73 Å². The summed E-state index contributed by atoms with van der Waals surface area (Å²) >= 11 is 0. The minimum absolute atomic E-state index is 0.183. The number of nitrogens with two attached hydrogens (primary N) is 1. The maximum absolute atomic E-state index is 12.1. The Labute approximate surface area is 208 Å². The number of aliphatic hydroxyl groups is 1. The van der Waals surface area contributed by atoms with E-state index in [0.717, 1.165) is 64.3 Å². The van der Waals surface area contributed by atoms with E-state index in [1.54, 1.807) is 6.07 Å². The quantitative estimate of drug-likeness (QED) is 0.328. The fraction of sp³-hybridized carbons (Fsp3) is 0.207. The Bertz CT molecular complexity index is 1580. The molecule has 0 bridgehead atoms. The third-order valence-electron chi connectivity index (χ3n) is 7.08. The number of nitrogens with one attached hydrogen (secondary N) is 1. The third kappa shape index (κ3) is 4.07. The third-order valence-corrected chi connectivity index (χ3v) is 7.08. The van der Waals surface area contributed by atoms with Crippen LogP contribution in [0.1, 0.15) is 36.0 Å². The van der Waals surface area contributed by atoms with Gasteiger partial charge in [0.25, 0.3) is 5.91 Å². The van der Waals surface area contributed by atoms with Crippen LogP contribution in [0.2, 0.25) is 0 Å². The molecule has 2 aromatic heterocycles. The molecule has 4 N–H and O–H groups in total. The highest BCUT2D eigenvalue weighted by Gasteiger charge is 2.21. The van der Waals surface area contributed by atoms with Gasteiger partial charge >= 0.3 is 0 Å². The molecule has 5 aromatic rings. The van der Waals surface area contributed by atoms with Crippen molar-refractivity contribution in [1.29, 1.82) is 0 Å². The van der Waals surface area contributed by atoms with E-state index >= 15 is 0 Å². The highest BCUT2D eigenvalue weighted by molar-refractivity contribution is 6.00. The summed E-state index contributed by atoms with van der Waals surface area (Å²) in [5.41, 5.74) is 11.7. The Kier molecular flexibility index (Phi) is 5.62. The van der Waals surface area contributed by atoms with E-state index in [9.17, 15) is 9.90 Å². The number of fused-ring (bicyclic) bond motifs is 2. The van der Waals surface area contributed by atoms with Crippen molar-refractivity contribution in [3.05, 3.63) is 84.7 Å². The topological polar surface area (TPSA) is 106 Å². The summed E-state index contributed by atoms with van der Waals surface area (Å²) in [7, 11) is 0. The summed E-state index contributed by atoms with van der Waals surface area (Å²) in [5.74, 6) is -0.476. The second kappa shape index (κ2) is 9.09. The van der Waals surface area contributed by atoms with Crippen molar-refractivity contribution < 1.29 is 9.90 Å². The van der Waals surface area contributed by atoms with Crippen LogP contribution in [-0.4, -0.2) is 37.9 Å². The lowest BCUT2D eigenvalue weighted by Gasteiger charge is -2.27. The molecular weight excluding hydrogens is 450 g/mol. The van der Waals surface area contributed by atoms with E-state index in [1.165, 1.54) is 0 Å². The molecule has 1 aliphatic carbocycles. The number of amides is 1. The van der Waals surface area contributed by atoms with E-state index in [0.29, 0.717) is 11.3 Å². The van der Waals surface area contributed by atoms with Gasteiger partial charge in [-0.3, -0.25) is 9.78 Å². The lowest BCUT2D eigenvalue weighted by Crippen LogP contribution is -2.29. The number of pyridine rings is 1. The minimum atomic E-state index is -0.476. The number of aromatic nitrogens is 3. The van der Waals surface area contributed by atoms with Gasteiger partial charge in [0.05, 0.1) is 34.6 Å². The summed E-state index contributed by atoms with van der Waals surface area (Å²) in [4.78, 5) is 16.8. The summed E-state index contributed by atoms with van der Waals surface area (Å²) in [6, 6.07) is 22.1. The number of carbonyl (C=O) groups excluding carboxylic acids is 1. The number of nitrogens with zero attached hydrogens (tertiary/aromatic N) is 3. The van der Waals surface area contributed by atoms with Crippen molar-refractivity contribution in [1.82, 2.24) is 14.8 Å². The lowest BCUT2D eigenvalue weighted by molar-refractivity contribution is 0.100. The van der Waals surface area contributed by atoms with Gasteiger partial charge < -0.3 is 16.2 Å². The molecule has 0 spiro atoms. The summed E-state index contributed by atoms with van der Waals surface area (Å²) < 4.78 is 1.88. The maximum Gasteiger partial charge on any atom is 0.250 e. The molecule has 3 aromatic carbocycles. The van der Waals surface area contributed by atoms with Crippen LogP contribution in [0.5, 0.6) is 0 Å². The van der Waals surface area contributed by atoms with Gasteiger partial charge in [-0.1, -0.05) is 30.3 Å². The molecule has 1 saturated carbocycles. The molecule has 7 nitrogen and oxygen atoms in total. The SMILES string of the molecule is NC(=O)c1ccc(-n2ncc3c(-c4cnc5ccccc5c4)cccc32)cc1NC1CCC(O)CC1. The van der Waals surface area contributed by atoms with Crippen molar-refractivity contribution in [3.8, 4) is 16.8 Å². The highest BCUT2D eigenvalue weighted by atomic mass is 16.3. The van der Waals surface area contributed by atoms with E-state index in [2.05, 4.69) is 28.5 Å². The zero-order valence-corrected chi connectivity index (χ0v) is 19.8. The fourth-order valence-corrected chi connectivity index (χ4v) is 5.17. The van der Waals surface area contributed by atoms with Crippen LogP contribution in [-0.2, 0) is 0 Å². The standard InChI is InChI=1S/C29H27N5O2/c30-29(36)24-13-10-21(15-27(24)33-20-8-11-22(35)12-9-20)34-28-7-3-5-23(25(28)17-32-34)19-14-18-4-1-2-6-26(18)31-16-19/h1-7,10,13-17,20,22,33,35H,8-9,11-12H2,(H2,30,36). The monoisotopic (exact) mass is 477 g/mol. The number of para-hydroxylation sites is 1. The molecule has 0 radical (unpaired) electrons. The average Bonchev–Trinajstić information content (AvgIpc) is 3.34. The largest absolute Gasteiger partial charge is 0.393 e. The molecule has 0 saturated heterocycles. The summed E-state index contributed by atoms with van der Waals surface area (Å²) in [5, 5.41) is 20.2. The van der Waals surface area contributed by atoms with Crippen LogP contribution >= 0.6 is 0 Å². The zero-order chi connectivity index (χ0) is 24.6. The van der Waals surface area contributed by atoms with E-state index < -0.39 is 5.91 Å². The first-order valence-corrected chi connectivity index (χ1v) is 12.3. The van der Waals surface area contributed by atoms with E-state index in [-0.39, 0.29) is 12.1 Å². The predicted molar refractivity (Wildman–Crippen MR) is 142 cm³/mol. The van der Waals surface area contributed by atoms with Crippen molar-refractivity contribution in [2.45, 2.75) is 37.8 Å². The number of benzene rings is 3. The Morgan fingerprint density at radius 3 is 2.64 bits per heavy atom. The number of aliphatic hydroxyl groups excluding tert-OH is 1. The Balaban J connectivity index is 1.40. The molecule has 36 heavy (non-hydrogen) atoms. The molecule has 0 unspecified atom stereocenters. The first kappa shape index (κ1) is 22.2. The second-order valence-corrected chi connectivity index (χ2v) is 9.46. The van der Waals surface area contributed by atoms with Gasteiger partial charge in [0.15, 0.2) is 0 Å². The van der Waals surface area contributed by atoms with Gasteiger partial charge in [0, 0.05) is 34.3 Å². The highest BCUT2D eigenvalue weighted by Crippen LogP contribution is 2.32. The number of hydrogen-bond acceptors (Lipinski definition) is 5. The number of hydrogen-bond donors (Lipinski definition) is 3. The molecule has 6 rings (SSSR count). The first-order valence-electron chi connectivity index (χ1n) is 12.3. The van der Waals surface area contributed by atoms with E-state index in [4.69, 9.17) is 10.8 Å².